The third-order valence-electron chi connectivity index (χ3n) is 3.09. The number of aryl methyl sites for hydroxylation is 2. The fourth-order valence-electron chi connectivity index (χ4n) is 1.98. The van der Waals surface area contributed by atoms with E-state index in [0.717, 1.165) is 12.0 Å². The average molecular weight is 247 g/mol. The summed E-state index contributed by atoms with van der Waals surface area (Å²) in [7, 11) is 0. The SMILES string of the molecule is CCc1cncc(CCC2=C(O)CCOC2=O)c1. The van der Waals surface area contributed by atoms with Crippen molar-refractivity contribution in [2.75, 3.05) is 6.61 Å². The Morgan fingerprint density at radius 3 is 2.83 bits per heavy atom. The van der Waals surface area contributed by atoms with Crippen LogP contribution in [0.4, 0.5) is 0 Å². The van der Waals surface area contributed by atoms with Crippen molar-refractivity contribution in [3.8, 4) is 0 Å². The lowest BCUT2D eigenvalue weighted by Gasteiger charge is -2.15. The summed E-state index contributed by atoms with van der Waals surface area (Å²) in [6.45, 7) is 2.36. The standard InChI is InChI=1S/C14H17NO3/c1-2-10-7-11(9-15-8-10)3-4-12-13(16)5-6-18-14(12)17/h7-9,16H,2-6H2,1H3. The molecule has 1 aromatic rings. The number of ether oxygens (including phenoxy) is 1. The molecule has 1 aliphatic heterocycles. The van der Waals surface area contributed by atoms with Crippen LogP contribution in [-0.2, 0) is 22.4 Å². The molecule has 1 aliphatic rings. The molecule has 0 unspecified atom stereocenters. The van der Waals surface area contributed by atoms with Crippen molar-refractivity contribution >= 4 is 5.97 Å². The molecule has 0 fully saturated rings. The van der Waals surface area contributed by atoms with Crippen molar-refractivity contribution in [2.45, 2.75) is 32.6 Å². The highest BCUT2D eigenvalue weighted by Crippen LogP contribution is 2.19. The van der Waals surface area contributed by atoms with Crippen molar-refractivity contribution in [3.05, 3.63) is 40.9 Å². The van der Waals surface area contributed by atoms with Gasteiger partial charge in [-0.15, -0.1) is 0 Å². The van der Waals surface area contributed by atoms with E-state index in [1.807, 2.05) is 6.20 Å². The predicted octanol–water partition coefficient (Wildman–Crippen LogP) is 2.34. The summed E-state index contributed by atoms with van der Waals surface area (Å²) in [6, 6.07) is 2.08. The van der Waals surface area contributed by atoms with Crippen LogP contribution in [0.2, 0.25) is 0 Å². The van der Waals surface area contributed by atoms with E-state index < -0.39 is 5.97 Å². The minimum Gasteiger partial charge on any atom is -0.512 e. The Labute approximate surface area is 106 Å². The summed E-state index contributed by atoms with van der Waals surface area (Å²) < 4.78 is 4.92. The molecule has 0 saturated carbocycles. The largest absolute Gasteiger partial charge is 0.512 e. The molecule has 0 saturated heterocycles. The van der Waals surface area contributed by atoms with E-state index in [2.05, 4.69) is 18.0 Å². The Morgan fingerprint density at radius 1 is 1.33 bits per heavy atom. The van der Waals surface area contributed by atoms with Crippen molar-refractivity contribution in [1.29, 1.82) is 0 Å². The normalized spacial score (nSPS) is 15.7. The van der Waals surface area contributed by atoms with E-state index in [4.69, 9.17) is 4.74 Å². The maximum absolute atomic E-state index is 11.5. The number of cyclic esters (lactones) is 1. The van der Waals surface area contributed by atoms with Crippen molar-refractivity contribution in [2.24, 2.45) is 0 Å². The Hall–Kier alpha value is -1.84. The van der Waals surface area contributed by atoms with Gasteiger partial charge in [0.05, 0.1) is 12.2 Å². The number of nitrogens with zero attached hydrogens (tertiary/aromatic N) is 1. The number of pyridine rings is 1. The number of carbonyl (C=O) groups is 1. The van der Waals surface area contributed by atoms with Crippen molar-refractivity contribution in [1.82, 2.24) is 4.98 Å². The van der Waals surface area contributed by atoms with E-state index in [0.29, 0.717) is 24.8 Å². The van der Waals surface area contributed by atoms with Gasteiger partial charge in [-0.25, -0.2) is 4.79 Å². The quantitative estimate of drug-likeness (QED) is 0.830. The first kappa shape index (κ1) is 12.6. The van der Waals surface area contributed by atoms with Crippen molar-refractivity contribution in [3.63, 3.8) is 0 Å². The maximum Gasteiger partial charge on any atom is 0.337 e. The van der Waals surface area contributed by atoms with Gasteiger partial charge >= 0.3 is 5.97 Å². The number of aliphatic hydroxyl groups is 1. The summed E-state index contributed by atoms with van der Waals surface area (Å²) >= 11 is 0. The van der Waals surface area contributed by atoms with Crippen LogP contribution in [-0.4, -0.2) is 22.7 Å². The molecule has 0 atom stereocenters. The second-order valence-corrected chi connectivity index (χ2v) is 4.37. The minimum atomic E-state index is -0.390. The first-order valence-electron chi connectivity index (χ1n) is 6.21. The van der Waals surface area contributed by atoms with Crippen molar-refractivity contribution < 1.29 is 14.6 Å². The number of hydrogen-bond donors (Lipinski definition) is 1. The van der Waals surface area contributed by atoms with Gasteiger partial charge in [-0.05, 0) is 30.4 Å². The highest BCUT2D eigenvalue weighted by Gasteiger charge is 2.21. The van der Waals surface area contributed by atoms with Crippen LogP contribution in [0.15, 0.2) is 29.8 Å². The predicted molar refractivity (Wildman–Crippen MR) is 67.2 cm³/mol. The molecule has 1 N–H and O–H groups in total. The average Bonchev–Trinajstić information content (AvgIpc) is 2.38. The van der Waals surface area contributed by atoms with Crippen LogP contribution >= 0.6 is 0 Å². The van der Waals surface area contributed by atoms with Crippen LogP contribution in [0.5, 0.6) is 0 Å². The highest BCUT2D eigenvalue weighted by atomic mass is 16.5. The van der Waals surface area contributed by atoms with E-state index in [1.165, 1.54) is 5.56 Å². The minimum absolute atomic E-state index is 0.172. The lowest BCUT2D eigenvalue weighted by atomic mass is 10.0. The number of carbonyl (C=O) groups excluding carboxylic acids is 1. The van der Waals surface area contributed by atoms with Gasteiger partial charge in [0, 0.05) is 18.8 Å². The van der Waals surface area contributed by atoms with Gasteiger partial charge in [0.25, 0.3) is 0 Å². The Morgan fingerprint density at radius 2 is 2.11 bits per heavy atom. The Bertz CT molecular complexity index is 480. The zero-order valence-corrected chi connectivity index (χ0v) is 10.5. The smallest absolute Gasteiger partial charge is 0.337 e. The monoisotopic (exact) mass is 247 g/mol. The van der Waals surface area contributed by atoms with Gasteiger partial charge < -0.3 is 9.84 Å². The van der Waals surface area contributed by atoms with Crippen LogP contribution in [0.1, 0.15) is 30.9 Å². The molecule has 0 aliphatic carbocycles. The van der Waals surface area contributed by atoms with Crippen LogP contribution in [0.25, 0.3) is 0 Å². The summed E-state index contributed by atoms with van der Waals surface area (Å²) in [5, 5.41) is 9.68. The van der Waals surface area contributed by atoms with E-state index >= 15 is 0 Å². The van der Waals surface area contributed by atoms with Gasteiger partial charge in [-0.3, -0.25) is 4.98 Å². The van der Waals surface area contributed by atoms with E-state index in [9.17, 15) is 9.90 Å². The second-order valence-electron chi connectivity index (χ2n) is 4.37. The number of aliphatic hydroxyl groups excluding tert-OH is 1. The zero-order valence-electron chi connectivity index (χ0n) is 10.5. The first-order valence-corrected chi connectivity index (χ1v) is 6.21. The lowest BCUT2D eigenvalue weighted by Crippen LogP contribution is -2.18. The third-order valence-corrected chi connectivity index (χ3v) is 3.09. The topological polar surface area (TPSA) is 59.4 Å². The fraction of sp³-hybridized carbons (Fsp3) is 0.429. The molecule has 0 radical (unpaired) electrons. The van der Waals surface area contributed by atoms with Gasteiger partial charge in [0.2, 0.25) is 0 Å². The number of aromatic nitrogens is 1. The number of hydrogen-bond acceptors (Lipinski definition) is 4. The van der Waals surface area contributed by atoms with Crippen LogP contribution in [0, 0.1) is 0 Å². The first-order chi connectivity index (χ1) is 8.70. The van der Waals surface area contributed by atoms with Gasteiger partial charge in [-0.1, -0.05) is 13.0 Å². The van der Waals surface area contributed by atoms with E-state index in [-0.39, 0.29) is 12.4 Å². The summed E-state index contributed by atoms with van der Waals surface area (Å²) in [4.78, 5) is 15.7. The molecule has 0 bridgehead atoms. The fourth-order valence-corrected chi connectivity index (χ4v) is 1.98. The number of rotatable bonds is 4. The Balaban J connectivity index is 2.04. The van der Waals surface area contributed by atoms with Crippen LogP contribution < -0.4 is 0 Å². The van der Waals surface area contributed by atoms with E-state index in [1.54, 1.807) is 6.20 Å². The maximum atomic E-state index is 11.5. The van der Waals surface area contributed by atoms with Gasteiger partial charge in [-0.2, -0.15) is 0 Å². The summed E-state index contributed by atoms with van der Waals surface area (Å²) in [5.74, 6) is -0.218. The molecule has 18 heavy (non-hydrogen) atoms. The molecule has 0 aromatic carbocycles. The van der Waals surface area contributed by atoms with Gasteiger partial charge in [0.1, 0.15) is 5.76 Å². The summed E-state index contributed by atoms with van der Waals surface area (Å²) in [5.41, 5.74) is 2.66. The molecular weight excluding hydrogens is 230 g/mol. The molecule has 4 heteroatoms. The molecule has 0 spiro atoms. The van der Waals surface area contributed by atoms with Crippen LogP contribution in [0.3, 0.4) is 0 Å². The third kappa shape index (κ3) is 2.88. The molecule has 0 amide bonds. The zero-order chi connectivity index (χ0) is 13.0. The molecule has 1 aromatic heterocycles. The molecule has 4 nitrogen and oxygen atoms in total. The lowest BCUT2D eigenvalue weighted by molar-refractivity contribution is -0.140. The molecular formula is C14H17NO3. The number of esters is 1. The van der Waals surface area contributed by atoms with Gasteiger partial charge in [0.15, 0.2) is 0 Å². The highest BCUT2D eigenvalue weighted by molar-refractivity contribution is 5.89. The second kappa shape index (κ2) is 5.67. The molecule has 2 heterocycles. The molecule has 2 rings (SSSR count). The molecule has 96 valence electrons. The Kier molecular flexibility index (Phi) is 3.97. The summed E-state index contributed by atoms with van der Waals surface area (Å²) in [6.07, 6.45) is 6.19.